The molecule has 0 bridgehead atoms. The normalized spacial score (nSPS) is 12.3. The molecule has 6 nitrogen and oxygen atoms in total. The summed E-state index contributed by atoms with van der Waals surface area (Å²) in [5.41, 5.74) is 7.28. The first-order chi connectivity index (χ1) is 16.1. The molecule has 0 radical (unpaired) electrons. The van der Waals surface area contributed by atoms with E-state index in [2.05, 4.69) is 10.3 Å². The van der Waals surface area contributed by atoms with Crippen molar-refractivity contribution in [2.24, 2.45) is 0 Å². The summed E-state index contributed by atoms with van der Waals surface area (Å²) >= 11 is 0. The van der Waals surface area contributed by atoms with Gasteiger partial charge in [-0.15, -0.1) is 0 Å². The van der Waals surface area contributed by atoms with Gasteiger partial charge in [-0.3, -0.25) is 14.5 Å². The Morgan fingerprint density at radius 1 is 1.06 bits per heavy atom. The minimum absolute atomic E-state index is 0.0765. The molecule has 0 aliphatic carbocycles. The Kier molecular flexibility index (Phi) is 8.28. The Labute approximate surface area is 198 Å². The number of anilines is 1. The first-order valence-corrected chi connectivity index (χ1v) is 11.2. The van der Waals surface area contributed by atoms with Crippen molar-refractivity contribution in [2.75, 3.05) is 19.3 Å². The van der Waals surface area contributed by atoms with Gasteiger partial charge in [0.1, 0.15) is 5.82 Å². The lowest BCUT2D eigenvalue weighted by Gasteiger charge is -2.23. The molecule has 0 spiro atoms. The number of hydrogen-bond acceptors (Lipinski definition) is 5. The van der Waals surface area contributed by atoms with Crippen LogP contribution in [0.4, 0.5) is 14.6 Å². The molecule has 34 heavy (non-hydrogen) atoms. The van der Waals surface area contributed by atoms with Crippen LogP contribution in [0.15, 0.2) is 48.7 Å². The van der Waals surface area contributed by atoms with Crippen LogP contribution in [0.3, 0.4) is 0 Å². The molecule has 0 fully saturated rings. The summed E-state index contributed by atoms with van der Waals surface area (Å²) in [5.74, 6) is -1.98. The molecule has 1 aromatic heterocycles. The molecular weight excluding hydrogens is 438 g/mol. The highest BCUT2D eigenvalue weighted by atomic mass is 19.2. The van der Waals surface area contributed by atoms with Crippen LogP contribution in [0.25, 0.3) is 10.8 Å². The third kappa shape index (κ3) is 6.57. The highest BCUT2D eigenvalue weighted by Gasteiger charge is 2.22. The number of likely N-dealkylation sites (N-methyl/N-ethyl adjacent to an activating group) is 1. The minimum Gasteiger partial charge on any atom is -0.383 e. The average Bonchev–Trinajstić information content (AvgIpc) is 2.79. The molecule has 0 unspecified atom stereocenters. The number of carbonyl (C=O) groups is 2. The van der Waals surface area contributed by atoms with Gasteiger partial charge < -0.3 is 11.1 Å². The van der Waals surface area contributed by atoms with Crippen LogP contribution < -0.4 is 11.1 Å². The fourth-order valence-electron chi connectivity index (χ4n) is 3.64. The van der Waals surface area contributed by atoms with Gasteiger partial charge in [-0.2, -0.15) is 0 Å². The molecule has 180 valence electrons. The molecule has 0 aliphatic rings. The number of hydrogen-bond donors (Lipinski definition) is 2. The lowest BCUT2D eigenvalue weighted by molar-refractivity contribution is -0.128. The molecule has 8 heteroatoms. The van der Waals surface area contributed by atoms with Crippen LogP contribution in [0.2, 0.25) is 0 Å². The van der Waals surface area contributed by atoms with Gasteiger partial charge >= 0.3 is 0 Å². The van der Waals surface area contributed by atoms with Gasteiger partial charge in [0.25, 0.3) is 0 Å². The summed E-state index contributed by atoms with van der Waals surface area (Å²) in [6.07, 6.45) is 2.36. The number of nitrogens with two attached hydrogens (primary N) is 1. The van der Waals surface area contributed by atoms with Crippen molar-refractivity contribution in [3.8, 4) is 0 Å². The van der Waals surface area contributed by atoms with E-state index in [-0.39, 0.29) is 37.1 Å². The lowest BCUT2D eigenvalue weighted by atomic mass is 9.96. The number of fused-ring (bicyclic) bond motifs is 1. The molecule has 0 saturated heterocycles. The highest BCUT2D eigenvalue weighted by Crippen LogP contribution is 2.21. The number of halogens is 2. The first kappa shape index (κ1) is 25.2. The fraction of sp³-hybridized carbons (Fsp3) is 0.346. The summed E-state index contributed by atoms with van der Waals surface area (Å²) in [6, 6.07) is 10.4. The fourth-order valence-corrected chi connectivity index (χ4v) is 3.64. The predicted molar refractivity (Wildman–Crippen MR) is 129 cm³/mol. The first-order valence-electron chi connectivity index (χ1n) is 11.2. The Balaban J connectivity index is 1.73. The van der Waals surface area contributed by atoms with Crippen molar-refractivity contribution in [3.63, 3.8) is 0 Å². The second kappa shape index (κ2) is 11.2. The van der Waals surface area contributed by atoms with E-state index in [0.717, 1.165) is 28.5 Å². The monoisotopic (exact) mass is 468 g/mol. The zero-order chi connectivity index (χ0) is 24.8. The second-order valence-electron chi connectivity index (χ2n) is 8.80. The predicted octanol–water partition coefficient (Wildman–Crippen LogP) is 3.66. The van der Waals surface area contributed by atoms with Gasteiger partial charge in [-0.05, 0) is 68.4 Å². The van der Waals surface area contributed by atoms with E-state index in [0.29, 0.717) is 17.8 Å². The topological polar surface area (TPSA) is 88.3 Å². The zero-order valence-electron chi connectivity index (χ0n) is 19.6. The van der Waals surface area contributed by atoms with E-state index in [1.165, 1.54) is 6.07 Å². The molecule has 2 aromatic carbocycles. The summed E-state index contributed by atoms with van der Waals surface area (Å²) in [5, 5.41) is 4.56. The number of aryl methyl sites for hydroxylation is 1. The van der Waals surface area contributed by atoms with Crippen molar-refractivity contribution in [2.45, 2.75) is 45.2 Å². The maximum atomic E-state index is 13.7. The van der Waals surface area contributed by atoms with E-state index >= 15 is 0 Å². The van der Waals surface area contributed by atoms with E-state index in [1.54, 1.807) is 6.20 Å². The quantitative estimate of drug-likeness (QED) is 0.474. The Morgan fingerprint density at radius 2 is 1.79 bits per heavy atom. The Morgan fingerprint density at radius 3 is 2.50 bits per heavy atom. The maximum absolute atomic E-state index is 13.7. The van der Waals surface area contributed by atoms with Gasteiger partial charge in [0.2, 0.25) is 5.91 Å². The zero-order valence-corrected chi connectivity index (χ0v) is 19.6. The number of nitrogens with one attached hydrogen (secondary N) is 1. The molecular formula is C26H30F2N4O2. The van der Waals surface area contributed by atoms with Crippen LogP contribution in [0.5, 0.6) is 0 Å². The SMILES string of the molecule is CC(C)N(C)CC(=O)N[C@@H](Cc1ccc(F)c(F)c1)C(=O)CCc1ccc2c(N)nccc2c1. The van der Waals surface area contributed by atoms with Gasteiger partial charge in [0.05, 0.1) is 12.6 Å². The largest absolute Gasteiger partial charge is 0.383 e. The summed E-state index contributed by atoms with van der Waals surface area (Å²) in [7, 11) is 1.82. The second-order valence-corrected chi connectivity index (χ2v) is 8.80. The number of carbonyl (C=O) groups excluding carboxylic acids is 2. The molecule has 0 aliphatic heterocycles. The van der Waals surface area contributed by atoms with Crippen LogP contribution in [0.1, 0.15) is 31.4 Å². The number of ketones is 1. The summed E-state index contributed by atoms with van der Waals surface area (Å²) in [6.45, 7) is 4.05. The van der Waals surface area contributed by atoms with Gasteiger partial charge in [-0.25, -0.2) is 13.8 Å². The van der Waals surface area contributed by atoms with Crippen molar-refractivity contribution >= 4 is 28.3 Å². The van der Waals surface area contributed by atoms with Crippen LogP contribution in [0, 0.1) is 11.6 Å². The number of pyridine rings is 1. The molecule has 1 atom stereocenters. The van der Waals surface area contributed by atoms with Crippen molar-refractivity contribution in [3.05, 3.63) is 71.4 Å². The van der Waals surface area contributed by atoms with Crippen LogP contribution in [-0.2, 0) is 22.4 Å². The third-order valence-corrected chi connectivity index (χ3v) is 5.94. The van der Waals surface area contributed by atoms with Crippen LogP contribution in [-0.4, -0.2) is 47.3 Å². The minimum atomic E-state index is -0.987. The maximum Gasteiger partial charge on any atom is 0.234 e. The van der Waals surface area contributed by atoms with E-state index in [1.807, 2.05) is 50.1 Å². The van der Waals surface area contributed by atoms with Gasteiger partial charge in [0, 0.05) is 24.0 Å². The number of nitrogens with zero attached hydrogens (tertiary/aromatic N) is 2. The van der Waals surface area contributed by atoms with Crippen molar-refractivity contribution < 1.29 is 18.4 Å². The number of benzene rings is 2. The summed E-state index contributed by atoms with van der Waals surface area (Å²) < 4.78 is 27.1. The molecule has 0 saturated carbocycles. The number of rotatable bonds is 10. The van der Waals surface area contributed by atoms with E-state index < -0.39 is 17.7 Å². The lowest BCUT2D eigenvalue weighted by Crippen LogP contribution is -2.47. The van der Waals surface area contributed by atoms with E-state index in [9.17, 15) is 18.4 Å². The Hall–Kier alpha value is -3.39. The molecule has 3 rings (SSSR count). The molecule has 1 amide bonds. The molecule has 3 aromatic rings. The highest BCUT2D eigenvalue weighted by molar-refractivity contribution is 5.92. The van der Waals surface area contributed by atoms with Gasteiger partial charge in [0.15, 0.2) is 17.4 Å². The molecule has 1 heterocycles. The standard InChI is InChI=1S/C26H30F2N4O2/c1-16(2)32(3)15-25(34)31-23(14-18-5-8-21(27)22(28)13-18)24(33)9-6-17-4-7-20-19(12-17)10-11-30-26(20)29/h4-5,7-8,10-13,16,23H,6,9,14-15H2,1-3H3,(H2,29,30)(H,31,34)/t23-/m0/s1. The number of aromatic nitrogens is 1. The average molecular weight is 469 g/mol. The number of amides is 1. The van der Waals surface area contributed by atoms with Crippen LogP contribution >= 0.6 is 0 Å². The third-order valence-electron chi connectivity index (χ3n) is 5.94. The summed E-state index contributed by atoms with van der Waals surface area (Å²) in [4.78, 5) is 31.6. The Bertz CT molecular complexity index is 1180. The van der Waals surface area contributed by atoms with Crippen molar-refractivity contribution in [1.29, 1.82) is 0 Å². The van der Waals surface area contributed by atoms with Crippen molar-refractivity contribution in [1.82, 2.24) is 15.2 Å². The van der Waals surface area contributed by atoms with E-state index in [4.69, 9.17) is 5.73 Å². The number of Topliss-reactive ketones (excluding diaryl/α,β-unsaturated/α-hetero) is 1. The smallest absolute Gasteiger partial charge is 0.234 e. The number of nitrogen functional groups attached to an aromatic ring is 1. The molecule has 3 N–H and O–H groups in total. The van der Waals surface area contributed by atoms with Gasteiger partial charge in [-0.1, -0.05) is 24.3 Å².